The van der Waals surface area contributed by atoms with Crippen molar-refractivity contribution in [1.82, 2.24) is 10.1 Å². The molecule has 0 bridgehead atoms. The fourth-order valence-electron chi connectivity index (χ4n) is 3.79. The Bertz CT molecular complexity index is 1310. The van der Waals surface area contributed by atoms with E-state index in [0.29, 0.717) is 23.1 Å². The molecule has 4 rings (SSSR count). The summed E-state index contributed by atoms with van der Waals surface area (Å²) in [4.78, 5) is 15.2. The van der Waals surface area contributed by atoms with Crippen LogP contribution in [0.2, 0.25) is 0 Å². The zero-order valence-electron chi connectivity index (χ0n) is 17.8. The number of methoxy groups -OCH3 is 1. The zero-order valence-corrected chi connectivity index (χ0v) is 17.8. The first-order chi connectivity index (χ1) is 16.2. The summed E-state index contributed by atoms with van der Waals surface area (Å²) in [6.07, 6.45) is -1.15. The van der Waals surface area contributed by atoms with Gasteiger partial charge in [0.05, 0.1) is 17.7 Å². The molecule has 1 aliphatic carbocycles. The van der Waals surface area contributed by atoms with Crippen molar-refractivity contribution >= 4 is 11.5 Å². The van der Waals surface area contributed by atoms with Crippen LogP contribution in [-0.4, -0.2) is 34.5 Å². The van der Waals surface area contributed by atoms with Crippen molar-refractivity contribution in [3.05, 3.63) is 76.6 Å². The van der Waals surface area contributed by atoms with Crippen LogP contribution in [0.25, 0.3) is 28.4 Å². The monoisotopic (exact) mass is 474 g/mol. The fraction of sp³-hybridized carbons (Fsp3) is 0.208. The molecule has 1 aromatic heterocycles. The number of halogens is 4. The van der Waals surface area contributed by atoms with E-state index in [4.69, 9.17) is 14.4 Å². The van der Waals surface area contributed by atoms with Gasteiger partial charge in [0, 0.05) is 18.2 Å². The Labute approximate surface area is 191 Å². The van der Waals surface area contributed by atoms with Crippen LogP contribution in [0.3, 0.4) is 0 Å². The Hall–Kier alpha value is -3.79. The lowest BCUT2D eigenvalue weighted by atomic mass is 9.88. The Kier molecular flexibility index (Phi) is 6.34. The number of ether oxygens (including phenoxy) is 1. The topological polar surface area (TPSA) is 85.5 Å². The quantitative estimate of drug-likeness (QED) is 0.438. The highest BCUT2D eigenvalue weighted by Crippen LogP contribution is 2.40. The Morgan fingerprint density at radius 3 is 2.62 bits per heavy atom. The summed E-state index contributed by atoms with van der Waals surface area (Å²) in [5, 5.41) is 12.8. The van der Waals surface area contributed by atoms with E-state index in [0.717, 1.165) is 18.2 Å². The molecule has 0 saturated heterocycles. The molecule has 0 spiro atoms. The molecule has 176 valence electrons. The average molecular weight is 474 g/mol. The van der Waals surface area contributed by atoms with E-state index >= 15 is 0 Å². The molecule has 0 saturated carbocycles. The van der Waals surface area contributed by atoms with Crippen molar-refractivity contribution in [2.75, 3.05) is 7.11 Å². The second kappa shape index (κ2) is 9.22. The molecule has 0 atom stereocenters. The normalized spacial score (nSPS) is 14.0. The van der Waals surface area contributed by atoms with Gasteiger partial charge in [-0.1, -0.05) is 23.4 Å². The Morgan fingerprint density at radius 1 is 1.18 bits per heavy atom. The summed E-state index contributed by atoms with van der Waals surface area (Å²) in [6, 6.07) is 8.18. The van der Waals surface area contributed by atoms with Crippen LogP contribution in [-0.2, 0) is 11.3 Å². The maximum absolute atomic E-state index is 14.0. The molecular formula is C24H18F4N2O4. The molecule has 6 nitrogen and oxygen atoms in total. The van der Waals surface area contributed by atoms with Crippen LogP contribution < -0.4 is 0 Å². The first-order valence-corrected chi connectivity index (χ1v) is 10.2. The minimum atomic E-state index is -4.48. The molecule has 34 heavy (non-hydrogen) atoms. The first kappa shape index (κ1) is 23.4. The number of aromatic carboxylic acids is 1. The molecule has 0 aliphatic heterocycles. The molecule has 1 heterocycles. The Balaban J connectivity index is 1.72. The lowest BCUT2D eigenvalue weighted by molar-refractivity contribution is -0.0879. The van der Waals surface area contributed by atoms with Crippen molar-refractivity contribution in [3.8, 4) is 22.8 Å². The van der Waals surface area contributed by atoms with Crippen LogP contribution in [0.15, 0.2) is 58.6 Å². The van der Waals surface area contributed by atoms with Crippen LogP contribution in [0, 0.1) is 5.82 Å². The highest BCUT2D eigenvalue weighted by Gasteiger charge is 2.36. The summed E-state index contributed by atoms with van der Waals surface area (Å²) < 4.78 is 65.2. The maximum atomic E-state index is 14.0. The average Bonchev–Trinajstić information content (AvgIpc) is 3.29. The molecule has 1 aliphatic rings. The molecule has 0 amide bonds. The minimum absolute atomic E-state index is 0.0303. The predicted octanol–water partition coefficient (Wildman–Crippen LogP) is 6.05. The first-order valence-electron chi connectivity index (χ1n) is 10.2. The summed E-state index contributed by atoms with van der Waals surface area (Å²) in [5.41, 5.74) is 0.608. The van der Waals surface area contributed by atoms with Gasteiger partial charge >= 0.3 is 12.1 Å². The summed E-state index contributed by atoms with van der Waals surface area (Å²) in [6.45, 7) is 0.0599. The number of carboxylic acid groups (broad SMARTS) is 1. The smallest absolute Gasteiger partial charge is 0.416 e. The summed E-state index contributed by atoms with van der Waals surface area (Å²) in [5.74, 6) is -2.25. The third-order valence-corrected chi connectivity index (χ3v) is 5.34. The number of nitrogens with zero attached hydrogens (tertiary/aromatic N) is 2. The molecule has 10 heteroatoms. The number of allylic oxidation sites excluding steroid dienone is 4. The van der Waals surface area contributed by atoms with Gasteiger partial charge in [-0.25, -0.2) is 9.18 Å². The molecule has 2 aromatic carbocycles. The molecule has 0 unspecified atom stereocenters. The van der Waals surface area contributed by atoms with Gasteiger partial charge in [-0.15, -0.1) is 0 Å². The van der Waals surface area contributed by atoms with Crippen LogP contribution in [0.5, 0.6) is 0 Å². The van der Waals surface area contributed by atoms with Crippen LogP contribution in [0.4, 0.5) is 17.6 Å². The van der Waals surface area contributed by atoms with Crippen molar-refractivity contribution in [2.45, 2.75) is 25.6 Å². The largest absolute Gasteiger partial charge is 0.478 e. The highest BCUT2D eigenvalue weighted by molar-refractivity contribution is 5.88. The summed E-state index contributed by atoms with van der Waals surface area (Å²) >= 11 is 0. The third kappa shape index (κ3) is 4.62. The van der Waals surface area contributed by atoms with Crippen molar-refractivity contribution in [1.29, 1.82) is 0 Å². The molecule has 1 N–H and O–H groups in total. The third-order valence-electron chi connectivity index (χ3n) is 5.34. The number of alkyl halides is 3. The second-order valence-corrected chi connectivity index (χ2v) is 7.56. The van der Waals surface area contributed by atoms with Gasteiger partial charge in [0.2, 0.25) is 5.82 Å². The van der Waals surface area contributed by atoms with E-state index in [2.05, 4.69) is 10.1 Å². The minimum Gasteiger partial charge on any atom is -0.478 e. The SMILES string of the molecule is COCc1cc(-c2nc(-c3ccc(C(=O)O)c(F)c3)no2)ccc1C1=C(C(F)(F)F)C=CCC1. The highest BCUT2D eigenvalue weighted by atomic mass is 19.4. The van der Waals surface area contributed by atoms with Crippen molar-refractivity contribution < 1.29 is 36.7 Å². The van der Waals surface area contributed by atoms with E-state index in [1.165, 1.54) is 19.3 Å². The zero-order chi connectivity index (χ0) is 24.5. The van der Waals surface area contributed by atoms with Gasteiger partial charge in [0.15, 0.2) is 0 Å². The number of hydrogen-bond donors (Lipinski definition) is 1. The fourth-order valence-corrected chi connectivity index (χ4v) is 3.79. The lowest BCUT2D eigenvalue weighted by Crippen LogP contribution is -2.15. The maximum Gasteiger partial charge on any atom is 0.416 e. The van der Waals surface area contributed by atoms with Crippen molar-refractivity contribution in [3.63, 3.8) is 0 Å². The molecule has 3 aromatic rings. The standard InChI is InChI=1S/C24H18F4N2O4/c1-33-12-15-10-14(7-8-16(15)17-4-2-3-5-19(17)24(26,27)28)22-29-21(30-34-22)13-6-9-18(23(31)32)20(25)11-13/h3,5-11H,2,4,12H2,1H3,(H,31,32). The number of hydrogen-bond acceptors (Lipinski definition) is 5. The van der Waals surface area contributed by atoms with E-state index in [9.17, 15) is 22.4 Å². The lowest BCUT2D eigenvalue weighted by Gasteiger charge is -2.21. The summed E-state index contributed by atoms with van der Waals surface area (Å²) in [7, 11) is 1.44. The molecule has 0 fully saturated rings. The van der Waals surface area contributed by atoms with E-state index in [-0.39, 0.29) is 35.9 Å². The van der Waals surface area contributed by atoms with E-state index < -0.39 is 29.1 Å². The second-order valence-electron chi connectivity index (χ2n) is 7.56. The molecule has 0 radical (unpaired) electrons. The number of rotatable bonds is 6. The van der Waals surface area contributed by atoms with Crippen LogP contribution in [0.1, 0.15) is 34.3 Å². The van der Waals surface area contributed by atoms with Gasteiger partial charge in [-0.05, 0) is 59.9 Å². The van der Waals surface area contributed by atoms with Gasteiger partial charge < -0.3 is 14.4 Å². The van der Waals surface area contributed by atoms with Crippen molar-refractivity contribution in [2.24, 2.45) is 0 Å². The van der Waals surface area contributed by atoms with E-state index in [1.54, 1.807) is 18.2 Å². The Morgan fingerprint density at radius 2 is 1.94 bits per heavy atom. The van der Waals surface area contributed by atoms with E-state index in [1.807, 2.05) is 0 Å². The van der Waals surface area contributed by atoms with Gasteiger partial charge in [0.1, 0.15) is 5.82 Å². The van der Waals surface area contributed by atoms with Gasteiger partial charge in [-0.3, -0.25) is 0 Å². The number of benzene rings is 2. The number of carbonyl (C=O) groups is 1. The predicted molar refractivity (Wildman–Crippen MR) is 114 cm³/mol. The van der Waals surface area contributed by atoms with Gasteiger partial charge in [0.25, 0.3) is 5.89 Å². The van der Waals surface area contributed by atoms with Crippen LogP contribution >= 0.6 is 0 Å². The number of aromatic nitrogens is 2. The number of carboxylic acids is 1. The molecular weight excluding hydrogens is 456 g/mol. The van der Waals surface area contributed by atoms with Gasteiger partial charge in [-0.2, -0.15) is 18.2 Å².